The van der Waals surface area contributed by atoms with Crippen LogP contribution in [0.4, 0.5) is 4.79 Å². The first-order valence-electron chi connectivity index (χ1n) is 7.57. The molecule has 0 spiro atoms. The fraction of sp³-hybridized carbons (Fsp3) is 0.467. The van der Waals surface area contributed by atoms with E-state index in [0.717, 1.165) is 6.42 Å². The van der Waals surface area contributed by atoms with E-state index in [-0.39, 0.29) is 23.7 Å². The number of ether oxygens (including phenoxy) is 1. The molecule has 0 aliphatic carbocycles. The summed E-state index contributed by atoms with van der Waals surface area (Å²) in [6.07, 6.45) is 0.513. The van der Waals surface area contributed by atoms with E-state index < -0.39 is 17.3 Å². The first kappa shape index (κ1) is 17.5. The first-order chi connectivity index (χ1) is 11.4. The van der Waals surface area contributed by atoms with Crippen LogP contribution >= 0.6 is 0 Å². The van der Waals surface area contributed by atoms with E-state index in [1.54, 1.807) is 6.92 Å². The lowest BCUT2D eigenvalue weighted by molar-refractivity contribution is 0.0992. The van der Waals surface area contributed by atoms with Crippen molar-refractivity contribution in [3.63, 3.8) is 0 Å². The van der Waals surface area contributed by atoms with Crippen LogP contribution in [-0.4, -0.2) is 22.7 Å². The van der Waals surface area contributed by atoms with Crippen molar-refractivity contribution in [2.24, 2.45) is 5.92 Å². The average Bonchev–Trinajstić information content (AvgIpc) is 2.50. The zero-order chi connectivity index (χ0) is 17.7. The van der Waals surface area contributed by atoms with Crippen LogP contribution in [0.3, 0.4) is 0 Å². The van der Waals surface area contributed by atoms with Gasteiger partial charge in [-0.05, 0) is 31.2 Å². The van der Waals surface area contributed by atoms with Crippen molar-refractivity contribution in [1.29, 1.82) is 0 Å². The molecule has 0 saturated carbocycles. The molecule has 0 aliphatic rings. The van der Waals surface area contributed by atoms with Crippen molar-refractivity contribution in [1.82, 2.24) is 15.4 Å². The molecular weight excluding hydrogens is 318 g/mol. The lowest BCUT2D eigenvalue weighted by atomic mass is 10.0. The van der Waals surface area contributed by atoms with Gasteiger partial charge in [0.15, 0.2) is 0 Å². The van der Waals surface area contributed by atoms with Crippen LogP contribution in [-0.2, 0) is 11.2 Å². The molecule has 0 radical (unpaired) electrons. The third kappa shape index (κ3) is 4.34. The minimum atomic E-state index is -0.840. The number of carbonyl (C=O) groups is 1. The Hall–Kier alpha value is -2.84. The Morgan fingerprint density at radius 1 is 1.42 bits per heavy atom. The van der Waals surface area contributed by atoms with E-state index in [2.05, 4.69) is 14.7 Å². The monoisotopic (exact) mass is 337 g/mol. The predicted molar refractivity (Wildman–Crippen MR) is 84.8 cm³/mol. The third-order valence-corrected chi connectivity index (χ3v) is 3.17. The molecule has 2 aromatic heterocycles. The molecule has 0 bridgehead atoms. The van der Waals surface area contributed by atoms with Gasteiger partial charge < -0.3 is 14.0 Å². The van der Waals surface area contributed by atoms with Crippen molar-refractivity contribution in [3.05, 3.63) is 32.4 Å². The highest BCUT2D eigenvalue weighted by molar-refractivity contribution is 5.75. The quantitative estimate of drug-likeness (QED) is 0.766. The van der Waals surface area contributed by atoms with Crippen molar-refractivity contribution in [2.45, 2.75) is 33.6 Å². The highest BCUT2D eigenvalue weighted by Crippen LogP contribution is 2.16. The van der Waals surface area contributed by atoms with Gasteiger partial charge in [0, 0.05) is 6.07 Å². The molecule has 2 heterocycles. The van der Waals surface area contributed by atoms with Gasteiger partial charge in [-0.2, -0.15) is 4.98 Å². The normalized spacial score (nSPS) is 10.8. The number of rotatable bonds is 6. The molecule has 2 aromatic rings. The Balaban J connectivity index is 2.35. The number of hydrogen-bond acceptors (Lipinski definition) is 7. The molecule has 0 atom stereocenters. The van der Waals surface area contributed by atoms with Crippen LogP contribution in [0.5, 0.6) is 6.01 Å². The summed E-state index contributed by atoms with van der Waals surface area (Å²) in [7, 11) is 0. The molecule has 2 N–H and O–H groups in total. The molecule has 130 valence electrons. The highest BCUT2D eigenvalue weighted by Gasteiger charge is 2.14. The largest absolute Gasteiger partial charge is 0.448 e. The molecule has 0 aromatic carbocycles. The lowest BCUT2D eigenvalue weighted by Gasteiger charge is -2.08. The fourth-order valence-electron chi connectivity index (χ4n) is 2.07. The van der Waals surface area contributed by atoms with Crippen LogP contribution in [0.1, 0.15) is 32.8 Å². The molecule has 1 amide bonds. The Morgan fingerprint density at radius 2 is 2.17 bits per heavy atom. The summed E-state index contributed by atoms with van der Waals surface area (Å²) in [6.45, 7) is 5.88. The van der Waals surface area contributed by atoms with Crippen LogP contribution in [0.2, 0.25) is 0 Å². The molecule has 2 rings (SSSR count). The summed E-state index contributed by atoms with van der Waals surface area (Å²) in [5.41, 5.74) is 1.23. The molecule has 0 unspecified atom stereocenters. The summed E-state index contributed by atoms with van der Waals surface area (Å²) in [5, 5.41) is 0.193. The number of H-pyrrole nitrogens is 1. The van der Waals surface area contributed by atoms with E-state index in [1.807, 2.05) is 19.3 Å². The van der Waals surface area contributed by atoms with Crippen molar-refractivity contribution in [3.8, 4) is 6.01 Å². The highest BCUT2D eigenvalue weighted by atomic mass is 16.7. The molecule has 0 aliphatic heterocycles. The van der Waals surface area contributed by atoms with Gasteiger partial charge in [-0.15, -0.1) is 5.48 Å². The Bertz CT molecular complexity index is 839. The zero-order valence-electron chi connectivity index (χ0n) is 13.7. The standard InChI is InChI=1S/C15H19N3O6/c1-4-22-15(21)18-24-14-16-12(20)11-9(6-5-8(2)3)7-10(19)23-13(11)17-14/h7-8H,4-6H2,1-3H3,(H,18,21)(H,16,17,20). The van der Waals surface area contributed by atoms with Crippen molar-refractivity contribution < 1.29 is 18.8 Å². The smallest absolute Gasteiger partial charge is 0.440 e. The van der Waals surface area contributed by atoms with Gasteiger partial charge in [0.05, 0.1) is 6.61 Å². The number of amides is 1. The van der Waals surface area contributed by atoms with Gasteiger partial charge in [-0.1, -0.05) is 13.8 Å². The zero-order valence-corrected chi connectivity index (χ0v) is 13.7. The second kappa shape index (κ2) is 7.62. The van der Waals surface area contributed by atoms with Crippen LogP contribution < -0.4 is 21.5 Å². The Kier molecular flexibility index (Phi) is 5.56. The Labute approximate surface area is 136 Å². The maximum atomic E-state index is 12.3. The fourth-order valence-corrected chi connectivity index (χ4v) is 2.07. The number of nitrogens with one attached hydrogen (secondary N) is 2. The maximum absolute atomic E-state index is 12.3. The van der Waals surface area contributed by atoms with Gasteiger partial charge in [0.1, 0.15) is 5.39 Å². The summed E-state index contributed by atoms with van der Waals surface area (Å²) >= 11 is 0. The van der Waals surface area contributed by atoms with E-state index in [0.29, 0.717) is 17.9 Å². The summed E-state index contributed by atoms with van der Waals surface area (Å²) in [6, 6.07) is 0.976. The molecular formula is C15H19N3O6. The molecule has 9 nitrogen and oxygen atoms in total. The number of carbonyl (C=O) groups excluding carboxylic acids is 1. The minimum Gasteiger partial charge on any atom is -0.448 e. The second-order valence-corrected chi connectivity index (χ2v) is 5.50. The number of aryl methyl sites for hydroxylation is 1. The van der Waals surface area contributed by atoms with Crippen molar-refractivity contribution in [2.75, 3.05) is 6.61 Å². The number of fused-ring (bicyclic) bond motifs is 1. The minimum absolute atomic E-state index is 0.148. The lowest BCUT2D eigenvalue weighted by Crippen LogP contribution is -2.29. The van der Waals surface area contributed by atoms with E-state index >= 15 is 0 Å². The number of aromatic nitrogens is 2. The SMILES string of the molecule is CCOC(=O)NOc1nc2oc(=O)cc(CCC(C)C)c2c(=O)[nH]1. The van der Waals surface area contributed by atoms with Gasteiger partial charge in [-0.3, -0.25) is 9.78 Å². The number of hydroxylamine groups is 1. The van der Waals surface area contributed by atoms with Gasteiger partial charge in [0.2, 0.25) is 5.71 Å². The van der Waals surface area contributed by atoms with Crippen LogP contribution in [0, 0.1) is 5.92 Å². The molecule has 0 fully saturated rings. The molecule has 9 heteroatoms. The summed E-state index contributed by atoms with van der Waals surface area (Å²) < 4.78 is 9.58. The first-order valence-corrected chi connectivity index (χ1v) is 7.57. The number of aromatic amines is 1. The predicted octanol–water partition coefficient (Wildman–Crippen LogP) is 1.50. The number of nitrogens with zero attached hydrogens (tertiary/aromatic N) is 1. The third-order valence-electron chi connectivity index (χ3n) is 3.17. The van der Waals surface area contributed by atoms with Crippen molar-refractivity contribution >= 4 is 17.2 Å². The van der Waals surface area contributed by atoms with E-state index in [4.69, 9.17) is 9.25 Å². The Morgan fingerprint density at radius 3 is 2.83 bits per heavy atom. The van der Waals surface area contributed by atoms with Crippen LogP contribution in [0.15, 0.2) is 20.1 Å². The van der Waals surface area contributed by atoms with Gasteiger partial charge in [0.25, 0.3) is 5.56 Å². The second-order valence-electron chi connectivity index (χ2n) is 5.50. The van der Waals surface area contributed by atoms with E-state index in [9.17, 15) is 14.4 Å². The average molecular weight is 337 g/mol. The summed E-state index contributed by atoms with van der Waals surface area (Å²) in [5.74, 6) is 0.413. The van der Waals surface area contributed by atoms with Crippen LogP contribution in [0.25, 0.3) is 11.1 Å². The molecule has 0 saturated heterocycles. The topological polar surface area (TPSA) is 124 Å². The summed E-state index contributed by atoms with van der Waals surface area (Å²) in [4.78, 5) is 46.2. The number of hydrogen-bond donors (Lipinski definition) is 2. The molecule has 24 heavy (non-hydrogen) atoms. The van der Waals surface area contributed by atoms with Gasteiger partial charge >= 0.3 is 17.7 Å². The maximum Gasteiger partial charge on any atom is 0.440 e. The van der Waals surface area contributed by atoms with Gasteiger partial charge in [-0.25, -0.2) is 9.59 Å². The van der Waals surface area contributed by atoms with E-state index in [1.165, 1.54) is 6.07 Å².